The van der Waals surface area contributed by atoms with E-state index in [4.69, 9.17) is 11.6 Å². The van der Waals surface area contributed by atoms with Crippen LogP contribution in [0.4, 0.5) is 0 Å². The molecule has 0 aromatic heterocycles. The van der Waals surface area contributed by atoms with E-state index in [1.54, 1.807) is 0 Å². The molecule has 4 fully saturated rings. The van der Waals surface area contributed by atoms with Crippen molar-refractivity contribution in [3.05, 3.63) is 4.91 Å². The molecule has 1 unspecified atom stereocenters. The first-order chi connectivity index (χ1) is 5.75. The van der Waals surface area contributed by atoms with Gasteiger partial charge in [0.2, 0.25) is 12.1 Å². The van der Waals surface area contributed by atoms with Crippen molar-refractivity contribution in [2.75, 3.05) is 0 Å². The summed E-state index contributed by atoms with van der Waals surface area (Å²) in [7, 11) is 0. The zero-order chi connectivity index (χ0) is 8.29. The summed E-state index contributed by atoms with van der Waals surface area (Å²) in [5, 5.41) is 0.148. The Balaban J connectivity index is 1.98. The van der Waals surface area contributed by atoms with Gasteiger partial charge in [-0.1, -0.05) is 0 Å². The first-order valence-electron chi connectivity index (χ1n) is 4.85. The molecule has 0 aromatic rings. The Bertz CT molecular complexity index is 243. The van der Waals surface area contributed by atoms with Crippen LogP contribution in [0.2, 0.25) is 0 Å². The van der Waals surface area contributed by atoms with Crippen molar-refractivity contribution in [1.29, 1.82) is 0 Å². The lowest BCUT2D eigenvalue weighted by Gasteiger charge is -2.45. The number of hydrogen-bond acceptors (Lipinski definition) is 1. The van der Waals surface area contributed by atoms with E-state index >= 15 is 0 Å². The Morgan fingerprint density at radius 2 is 2.00 bits per heavy atom. The van der Waals surface area contributed by atoms with Crippen molar-refractivity contribution in [3.8, 4) is 0 Å². The van der Waals surface area contributed by atoms with Crippen LogP contribution in [0.1, 0.15) is 25.7 Å². The fourth-order valence-electron chi connectivity index (χ4n) is 3.41. The van der Waals surface area contributed by atoms with Crippen LogP contribution in [0.15, 0.2) is 0 Å². The summed E-state index contributed by atoms with van der Waals surface area (Å²) < 4.78 is 1.30. The van der Waals surface area contributed by atoms with Gasteiger partial charge >= 0.3 is 0 Å². The number of alkyl halides is 1. The van der Waals surface area contributed by atoms with Gasteiger partial charge in [-0.25, -0.2) is 0 Å². The molecule has 0 aromatic carbocycles. The molecule has 5 atom stereocenters. The predicted molar refractivity (Wildman–Crippen MR) is 46.3 cm³/mol. The molecular weight excluding hydrogens is 174 g/mol. The Kier molecular flexibility index (Phi) is 1.35. The zero-order valence-electron chi connectivity index (χ0n) is 6.95. The van der Waals surface area contributed by atoms with Crippen molar-refractivity contribution >= 4 is 11.6 Å². The molecule has 4 rings (SSSR count). The number of hydrogen-bond donors (Lipinski definition) is 0. The normalized spacial score (nSPS) is 56.4. The number of piperidine rings is 2. The van der Waals surface area contributed by atoms with E-state index in [0.717, 1.165) is 25.2 Å². The van der Waals surface area contributed by atoms with Gasteiger partial charge in [0, 0.05) is 28.9 Å². The van der Waals surface area contributed by atoms with Gasteiger partial charge in [0.05, 0.1) is 0 Å². The van der Waals surface area contributed by atoms with Gasteiger partial charge in [0.1, 0.15) is 5.38 Å². The maximum absolute atomic E-state index is 11.6. The zero-order valence-corrected chi connectivity index (χ0v) is 7.70. The van der Waals surface area contributed by atoms with Crippen LogP contribution in [-0.2, 0) is 0 Å². The van der Waals surface area contributed by atoms with Gasteiger partial charge in [-0.05, 0) is 18.3 Å². The third kappa shape index (κ3) is 0.769. The van der Waals surface area contributed by atoms with Crippen molar-refractivity contribution in [2.45, 2.75) is 43.1 Å². The Hall–Kier alpha value is -0.110. The van der Waals surface area contributed by atoms with Crippen molar-refractivity contribution in [1.82, 2.24) is 0 Å². The molecule has 3 heteroatoms. The van der Waals surface area contributed by atoms with Gasteiger partial charge in [-0.15, -0.1) is 11.6 Å². The van der Waals surface area contributed by atoms with E-state index in [1.165, 1.54) is 11.2 Å². The van der Waals surface area contributed by atoms with Crippen LogP contribution in [0.25, 0.3) is 0 Å². The molecule has 2 saturated carbocycles. The Morgan fingerprint density at radius 1 is 1.17 bits per heavy atom. The highest BCUT2D eigenvalue weighted by Crippen LogP contribution is 2.49. The van der Waals surface area contributed by atoms with Crippen LogP contribution < -0.4 is 0 Å². The van der Waals surface area contributed by atoms with Crippen molar-refractivity contribution < 1.29 is 4.76 Å². The highest BCUT2D eigenvalue weighted by Gasteiger charge is 2.58. The summed E-state index contributed by atoms with van der Waals surface area (Å²) in [6.45, 7) is 0. The van der Waals surface area contributed by atoms with Crippen molar-refractivity contribution in [2.24, 2.45) is 11.8 Å². The summed E-state index contributed by atoms with van der Waals surface area (Å²) in [6.07, 6.45) is 4.55. The first-order valence-corrected chi connectivity index (χ1v) is 5.29. The third-order valence-corrected chi connectivity index (χ3v) is 4.54. The maximum atomic E-state index is 11.6. The highest BCUT2D eigenvalue weighted by atomic mass is 35.5. The second-order valence-electron chi connectivity index (χ2n) is 4.59. The van der Waals surface area contributed by atoms with E-state index in [9.17, 15) is 4.91 Å². The van der Waals surface area contributed by atoms with Gasteiger partial charge in [0.25, 0.3) is 0 Å². The summed E-state index contributed by atoms with van der Waals surface area (Å²) >= 11 is 6.22. The lowest BCUT2D eigenvalue weighted by molar-refractivity contribution is -0.652. The molecule has 2 aliphatic heterocycles. The van der Waals surface area contributed by atoms with Crippen LogP contribution in [0.5, 0.6) is 0 Å². The third-order valence-electron chi connectivity index (χ3n) is 3.90. The standard InChI is InChI=1S/C9H13ClNO/c10-9-6-1-5-2-7(4-6)11(12)8(9)3-5/h5-9H,1-4H2/q+1/t5-,6+,7-,8+,9?/m0/s1. The van der Waals surface area contributed by atoms with E-state index in [1.807, 2.05) is 0 Å². The SMILES string of the molecule is O=[N+]1[C@H]2C[C@@H]3C[C@H](C2)C(Cl)[C@H]1C3. The van der Waals surface area contributed by atoms with E-state index in [2.05, 4.69) is 0 Å². The summed E-state index contributed by atoms with van der Waals surface area (Å²) in [6, 6.07) is 0.477. The number of rotatable bonds is 0. The average Bonchev–Trinajstić information content (AvgIpc) is 2.07. The number of nitroso groups, excluding NO2 is 1. The molecule has 2 aliphatic carbocycles. The molecular formula is C9H13ClNO+. The Labute approximate surface area is 76.8 Å². The molecule has 4 bridgehead atoms. The molecule has 2 heterocycles. The molecule has 2 nitrogen and oxygen atoms in total. The van der Waals surface area contributed by atoms with E-state index in [0.29, 0.717) is 12.0 Å². The Morgan fingerprint density at radius 3 is 2.83 bits per heavy atom. The lowest BCUT2D eigenvalue weighted by atomic mass is 9.64. The smallest absolute Gasteiger partial charge is 0.115 e. The maximum Gasteiger partial charge on any atom is 0.218 e. The molecule has 66 valence electrons. The van der Waals surface area contributed by atoms with Crippen LogP contribution in [-0.4, -0.2) is 22.2 Å². The number of halogens is 1. The largest absolute Gasteiger partial charge is 0.218 e. The summed E-state index contributed by atoms with van der Waals surface area (Å²) in [4.78, 5) is 11.6. The average molecular weight is 187 g/mol. The fourth-order valence-corrected chi connectivity index (χ4v) is 3.83. The fraction of sp³-hybridized carbons (Fsp3) is 1.00. The second-order valence-corrected chi connectivity index (χ2v) is 5.10. The van der Waals surface area contributed by atoms with Crippen LogP contribution >= 0.6 is 11.6 Å². The molecule has 4 aliphatic rings. The highest BCUT2D eigenvalue weighted by molar-refractivity contribution is 6.21. The minimum atomic E-state index is 0.148. The van der Waals surface area contributed by atoms with Crippen molar-refractivity contribution in [3.63, 3.8) is 0 Å². The lowest BCUT2D eigenvalue weighted by Crippen LogP contribution is -2.58. The van der Waals surface area contributed by atoms with E-state index in [-0.39, 0.29) is 11.4 Å². The minimum Gasteiger partial charge on any atom is -0.115 e. The first kappa shape index (κ1) is 7.31. The van der Waals surface area contributed by atoms with Gasteiger partial charge < -0.3 is 0 Å². The molecule has 0 amide bonds. The molecule has 0 radical (unpaired) electrons. The summed E-state index contributed by atoms with van der Waals surface area (Å²) in [5.74, 6) is 1.47. The predicted octanol–water partition coefficient (Wildman–Crippen LogP) is 1.94. The second kappa shape index (κ2) is 2.22. The summed E-state index contributed by atoms with van der Waals surface area (Å²) in [5.41, 5.74) is 0. The molecule has 0 N–H and O–H groups in total. The number of nitrogens with zero attached hydrogens (tertiary/aromatic N) is 1. The quantitative estimate of drug-likeness (QED) is 0.418. The molecule has 2 saturated heterocycles. The van der Waals surface area contributed by atoms with Gasteiger partial charge in [-0.3, -0.25) is 0 Å². The monoisotopic (exact) mass is 186 g/mol. The van der Waals surface area contributed by atoms with Gasteiger partial charge in [-0.2, -0.15) is 0 Å². The van der Waals surface area contributed by atoms with E-state index < -0.39 is 0 Å². The molecule has 12 heavy (non-hydrogen) atoms. The topological polar surface area (TPSA) is 20.1 Å². The van der Waals surface area contributed by atoms with Crippen LogP contribution in [0, 0.1) is 16.7 Å². The molecule has 0 spiro atoms. The minimum absolute atomic E-state index is 0.148. The van der Waals surface area contributed by atoms with Gasteiger partial charge in [0.15, 0.2) is 0 Å². The van der Waals surface area contributed by atoms with Crippen LogP contribution in [0.3, 0.4) is 0 Å².